The second-order valence-electron chi connectivity index (χ2n) is 15.4. The zero-order valence-electron chi connectivity index (χ0n) is 29.0. The number of hydrogen-bond acceptors (Lipinski definition) is 0. The molecule has 0 saturated heterocycles. The van der Waals surface area contributed by atoms with Gasteiger partial charge in [0.1, 0.15) is 0 Å². The van der Waals surface area contributed by atoms with E-state index in [2.05, 4.69) is 124 Å². The molecule has 0 heterocycles. The quantitative estimate of drug-likeness (QED) is 0.164. The normalized spacial score (nSPS) is 25.3. The van der Waals surface area contributed by atoms with Gasteiger partial charge in [-0.2, -0.15) is 0 Å². The molecule has 4 heteroatoms. The summed E-state index contributed by atoms with van der Waals surface area (Å²) in [4.78, 5) is 0. The number of rotatable bonds is 7. The summed E-state index contributed by atoms with van der Waals surface area (Å²) >= 11 is -4.69. The molecule has 0 N–H and O–H groups in total. The fourth-order valence-corrected chi connectivity index (χ4v) is 43.7. The van der Waals surface area contributed by atoms with E-state index in [1.807, 2.05) is 0 Å². The molecule has 0 fully saturated rings. The first-order valence-corrected chi connectivity index (χ1v) is 35.0. The van der Waals surface area contributed by atoms with E-state index in [0.29, 0.717) is 11.8 Å². The first-order valence-electron chi connectivity index (χ1n) is 18.7. The summed E-state index contributed by atoms with van der Waals surface area (Å²) in [6.45, 7) is 9.78. The van der Waals surface area contributed by atoms with Crippen LogP contribution < -0.4 is 0 Å². The van der Waals surface area contributed by atoms with Crippen molar-refractivity contribution in [2.75, 3.05) is 0 Å². The van der Waals surface area contributed by atoms with Crippen molar-refractivity contribution >= 4 is 44.5 Å². The molecule has 4 unspecified atom stereocenters. The molecular weight excluding hydrogens is 719 g/mol. The van der Waals surface area contributed by atoms with E-state index < -0.39 is 21.5 Å². The van der Waals surface area contributed by atoms with Gasteiger partial charge in [0, 0.05) is 0 Å². The first-order chi connectivity index (χ1) is 23.3. The van der Waals surface area contributed by atoms with Gasteiger partial charge >= 0.3 is 299 Å². The average molecular weight is 768 g/mol. The van der Waals surface area contributed by atoms with Crippen LogP contribution >= 0.6 is 17.0 Å². The van der Waals surface area contributed by atoms with Crippen LogP contribution in [0.15, 0.2) is 131 Å². The Balaban J connectivity index is 1.29. The van der Waals surface area contributed by atoms with Crippen LogP contribution in [0.2, 0.25) is 20.3 Å². The third-order valence-electron chi connectivity index (χ3n) is 12.9. The number of hydrogen-bond donors (Lipinski definition) is 0. The Hall–Kier alpha value is -1.96. The molecule has 0 nitrogen and oxygen atoms in total. The number of benzene rings is 4. The van der Waals surface area contributed by atoms with Crippen molar-refractivity contribution in [1.29, 1.82) is 0 Å². The van der Waals surface area contributed by atoms with E-state index in [9.17, 15) is 0 Å². The van der Waals surface area contributed by atoms with E-state index in [0.717, 1.165) is 25.7 Å². The van der Waals surface area contributed by atoms with Crippen LogP contribution in [0.3, 0.4) is 0 Å². The van der Waals surface area contributed by atoms with Crippen molar-refractivity contribution in [3.63, 3.8) is 0 Å². The molecule has 0 spiro atoms. The first kappa shape index (κ1) is 33.2. The van der Waals surface area contributed by atoms with Crippen LogP contribution in [0.25, 0.3) is 21.5 Å². The second kappa shape index (κ2) is 12.7. The Labute approximate surface area is 296 Å². The molecule has 4 aromatic rings. The third-order valence-corrected chi connectivity index (χ3v) is 64.9. The van der Waals surface area contributed by atoms with Crippen molar-refractivity contribution in [1.82, 2.24) is 0 Å². The van der Waals surface area contributed by atoms with Crippen LogP contribution in [0.1, 0.15) is 88.2 Å². The SMILES string of the molecule is CCC1=CC2=C(CCCC2c2cccc3ccccc23)[CH]1[Zr]([Cl])([Cl])([CH]1C(CC)=CC2=C1CCCC2c1cccc2ccccc12)[SiH](C)C. The summed E-state index contributed by atoms with van der Waals surface area (Å²) in [6, 6.07) is 31.7. The molecule has 4 aliphatic carbocycles. The van der Waals surface area contributed by atoms with Crippen molar-refractivity contribution in [2.24, 2.45) is 0 Å². The van der Waals surface area contributed by atoms with Crippen molar-refractivity contribution in [3.8, 4) is 0 Å². The van der Waals surface area contributed by atoms with Gasteiger partial charge in [0.05, 0.1) is 0 Å². The van der Waals surface area contributed by atoms with Crippen LogP contribution in [-0.4, -0.2) is 5.92 Å². The summed E-state index contributed by atoms with van der Waals surface area (Å²) in [5.41, 5.74) is 12.5. The molecule has 8 rings (SSSR count). The fraction of sp³-hybridized carbons (Fsp3) is 0.364. The molecular formula is C44H49Cl2SiZr. The molecule has 4 atom stereocenters. The summed E-state index contributed by atoms with van der Waals surface area (Å²) in [7, 11) is 17.6. The van der Waals surface area contributed by atoms with Gasteiger partial charge < -0.3 is 0 Å². The second-order valence-corrected chi connectivity index (χ2v) is 57.9. The fourth-order valence-electron chi connectivity index (χ4n) is 10.6. The minimum atomic E-state index is -4.69. The molecule has 0 radical (unpaired) electrons. The van der Waals surface area contributed by atoms with Gasteiger partial charge in [-0.1, -0.05) is 0 Å². The Bertz CT molecular complexity index is 1910. The van der Waals surface area contributed by atoms with Gasteiger partial charge in [-0.05, 0) is 0 Å². The van der Waals surface area contributed by atoms with Crippen LogP contribution in [0, 0.1) is 0 Å². The average Bonchev–Trinajstić information content (AvgIpc) is 3.71. The van der Waals surface area contributed by atoms with Crippen molar-refractivity contribution in [2.45, 2.75) is 97.4 Å². The molecule has 247 valence electrons. The molecule has 0 aromatic heterocycles. The van der Waals surface area contributed by atoms with Crippen LogP contribution in [0.4, 0.5) is 0 Å². The van der Waals surface area contributed by atoms with Gasteiger partial charge in [-0.15, -0.1) is 0 Å². The van der Waals surface area contributed by atoms with Crippen LogP contribution in [-0.2, 0) is 15.6 Å². The Kier molecular flexibility index (Phi) is 8.76. The topological polar surface area (TPSA) is 0 Å². The summed E-state index contributed by atoms with van der Waals surface area (Å²) in [6.07, 6.45) is 14.4. The maximum absolute atomic E-state index is 8.79. The van der Waals surface area contributed by atoms with E-state index in [1.54, 1.807) is 33.4 Å². The molecule has 4 aliphatic rings. The Morgan fingerprint density at radius 2 is 1.02 bits per heavy atom. The minimum absolute atomic E-state index is 0.268. The number of halogens is 2. The van der Waals surface area contributed by atoms with E-state index in [1.165, 1.54) is 58.4 Å². The van der Waals surface area contributed by atoms with E-state index in [4.69, 9.17) is 17.0 Å². The molecule has 0 bridgehead atoms. The molecule has 0 aliphatic heterocycles. The molecule has 0 amide bonds. The molecule has 4 aromatic carbocycles. The zero-order valence-corrected chi connectivity index (χ0v) is 34.2. The van der Waals surface area contributed by atoms with Gasteiger partial charge in [-0.3, -0.25) is 0 Å². The monoisotopic (exact) mass is 765 g/mol. The standard InChI is InChI=1S/2C21H21.C2H7Si.2ClH.Zr/c2*1-2-15-13-17-9-6-12-20(21(17)14-15)19-11-5-8-16-7-3-4-10-18(16)19;1-3-2;;;/h2*3-5,7-8,10-11,13-14,20H,2,6,9,12H2,1H3;3H,1-2H3;2*1H;/q;;;;;+2/p-2. The third kappa shape index (κ3) is 4.98. The van der Waals surface area contributed by atoms with Gasteiger partial charge in [-0.25, -0.2) is 0 Å². The van der Waals surface area contributed by atoms with Crippen molar-refractivity contribution < 1.29 is 15.6 Å². The number of allylic oxidation sites excluding steroid dienone is 8. The van der Waals surface area contributed by atoms with E-state index >= 15 is 0 Å². The predicted molar refractivity (Wildman–Crippen MR) is 210 cm³/mol. The van der Waals surface area contributed by atoms with Gasteiger partial charge in [0.2, 0.25) is 0 Å². The van der Waals surface area contributed by atoms with Gasteiger partial charge in [0.15, 0.2) is 0 Å². The predicted octanol–water partition coefficient (Wildman–Crippen LogP) is 14.1. The summed E-state index contributed by atoms with van der Waals surface area (Å²) in [5, 5.41) is 5.48. The maximum atomic E-state index is 8.79. The number of fused-ring (bicyclic) bond motifs is 2. The van der Waals surface area contributed by atoms with E-state index in [-0.39, 0.29) is 7.25 Å². The van der Waals surface area contributed by atoms with Gasteiger partial charge in [0.25, 0.3) is 0 Å². The van der Waals surface area contributed by atoms with Crippen LogP contribution in [0.5, 0.6) is 0 Å². The molecule has 0 saturated carbocycles. The summed E-state index contributed by atoms with van der Waals surface area (Å²) in [5.74, 6) is -0.709. The Morgan fingerprint density at radius 3 is 1.44 bits per heavy atom. The molecule has 48 heavy (non-hydrogen) atoms. The van der Waals surface area contributed by atoms with Crippen molar-refractivity contribution in [3.05, 3.63) is 142 Å². The Morgan fingerprint density at radius 1 is 0.604 bits per heavy atom. The summed E-state index contributed by atoms with van der Waals surface area (Å²) < 4.78 is 0.535. The zero-order chi connectivity index (χ0) is 33.2.